The molecule has 0 N–H and O–H groups in total. The third-order valence-corrected chi connectivity index (χ3v) is 2.26. The molecular weight excluding hydrogens is 208 g/mol. The Kier molecular flexibility index (Phi) is 7.54. The fourth-order valence-electron chi connectivity index (χ4n) is 1.31. The Morgan fingerprint density at radius 2 is 1.81 bits per heavy atom. The van der Waals surface area contributed by atoms with Gasteiger partial charge in [-0.25, -0.2) is 0 Å². The van der Waals surface area contributed by atoms with Crippen molar-refractivity contribution in [2.45, 2.75) is 19.8 Å². The number of hydrogen-bond donors (Lipinski definition) is 0. The van der Waals surface area contributed by atoms with Gasteiger partial charge in [-0.05, 0) is 13.0 Å². The molecule has 0 heterocycles. The van der Waals surface area contributed by atoms with E-state index < -0.39 is 0 Å². The average Bonchev–Trinajstić information content (AvgIpc) is 2.25. The van der Waals surface area contributed by atoms with E-state index in [1.165, 1.54) is 7.11 Å². The summed E-state index contributed by atoms with van der Waals surface area (Å²) in [7, 11) is 4.83. The summed E-state index contributed by atoms with van der Waals surface area (Å²) in [4.78, 5) is 26.0. The number of nitrogens with zero attached hydrogens (tertiary/aromatic N) is 2. The lowest BCUT2D eigenvalue weighted by Crippen LogP contribution is -2.35. The minimum atomic E-state index is -0.259. The van der Waals surface area contributed by atoms with Crippen molar-refractivity contribution in [3.63, 3.8) is 0 Å². The molecule has 0 atom stereocenters. The molecule has 1 amide bonds. The number of carbonyl (C=O) groups excluding carboxylic acids is 2. The molecule has 0 bridgehead atoms. The van der Waals surface area contributed by atoms with Crippen molar-refractivity contribution < 1.29 is 14.3 Å². The number of hydrogen-bond acceptors (Lipinski definition) is 4. The molecule has 16 heavy (non-hydrogen) atoms. The highest BCUT2D eigenvalue weighted by atomic mass is 16.5. The second-order valence-electron chi connectivity index (χ2n) is 3.89. The van der Waals surface area contributed by atoms with Crippen molar-refractivity contribution in [1.82, 2.24) is 9.80 Å². The van der Waals surface area contributed by atoms with Crippen molar-refractivity contribution in [2.75, 3.05) is 40.8 Å². The molecule has 0 spiro atoms. The highest BCUT2D eigenvalue weighted by Crippen LogP contribution is 1.97. The quantitative estimate of drug-likeness (QED) is 0.592. The van der Waals surface area contributed by atoms with Gasteiger partial charge < -0.3 is 9.64 Å². The second kappa shape index (κ2) is 8.10. The summed E-state index contributed by atoms with van der Waals surface area (Å²) in [6, 6.07) is 0. The molecule has 0 aromatic rings. The summed E-state index contributed by atoms with van der Waals surface area (Å²) in [6.45, 7) is 3.69. The highest BCUT2D eigenvalue weighted by molar-refractivity contribution is 5.76. The van der Waals surface area contributed by atoms with Gasteiger partial charge in [0.25, 0.3) is 0 Å². The zero-order chi connectivity index (χ0) is 12.6. The van der Waals surface area contributed by atoms with Crippen LogP contribution in [0, 0.1) is 0 Å². The Morgan fingerprint density at radius 1 is 1.19 bits per heavy atom. The Balaban J connectivity index is 4.02. The van der Waals surface area contributed by atoms with Gasteiger partial charge in [-0.3, -0.25) is 14.5 Å². The Hall–Kier alpha value is -1.10. The van der Waals surface area contributed by atoms with E-state index in [2.05, 4.69) is 4.74 Å². The molecule has 0 saturated heterocycles. The zero-order valence-corrected chi connectivity index (χ0v) is 10.7. The standard InChI is InChI=1S/C11H22N2O3/c1-5-7-13(9-11(15)16-4)8-6-10(14)12(2)3/h5-9H2,1-4H3. The summed E-state index contributed by atoms with van der Waals surface area (Å²) in [5.41, 5.74) is 0. The topological polar surface area (TPSA) is 49.9 Å². The first-order valence-electron chi connectivity index (χ1n) is 5.50. The number of methoxy groups -OCH3 is 1. The van der Waals surface area contributed by atoms with Crippen LogP contribution in [0.1, 0.15) is 19.8 Å². The van der Waals surface area contributed by atoms with Gasteiger partial charge in [-0.15, -0.1) is 0 Å². The van der Waals surface area contributed by atoms with Crippen LogP contribution in [0.25, 0.3) is 0 Å². The lowest BCUT2D eigenvalue weighted by atomic mass is 10.3. The fourth-order valence-corrected chi connectivity index (χ4v) is 1.31. The molecule has 0 aromatic heterocycles. The average molecular weight is 230 g/mol. The molecule has 0 saturated carbocycles. The van der Waals surface area contributed by atoms with Crippen LogP contribution in [0.4, 0.5) is 0 Å². The van der Waals surface area contributed by atoms with Crippen molar-refractivity contribution in [1.29, 1.82) is 0 Å². The van der Waals surface area contributed by atoms with E-state index in [4.69, 9.17) is 0 Å². The summed E-state index contributed by atoms with van der Waals surface area (Å²) in [5.74, 6) is -0.184. The molecule has 0 rings (SSSR count). The third kappa shape index (κ3) is 6.40. The Morgan fingerprint density at radius 3 is 2.25 bits per heavy atom. The summed E-state index contributed by atoms with van der Waals surface area (Å²) < 4.78 is 4.61. The Bertz CT molecular complexity index is 229. The van der Waals surface area contributed by atoms with Crippen LogP contribution in [0.5, 0.6) is 0 Å². The Labute approximate surface area is 97.3 Å². The number of carbonyl (C=O) groups is 2. The first-order chi connectivity index (χ1) is 7.51. The van der Waals surface area contributed by atoms with E-state index in [-0.39, 0.29) is 18.4 Å². The molecule has 5 heteroatoms. The predicted molar refractivity (Wildman–Crippen MR) is 62.1 cm³/mol. The maximum absolute atomic E-state index is 11.4. The lowest BCUT2D eigenvalue weighted by Gasteiger charge is -2.20. The normalized spacial score (nSPS) is 10.3. The molecule has 0 aliphatic rings. The molecule has 0 radical (unpaired) electrons. The van der Waals surface area contributed by atoms with Crippen LogP contribution in [0.15, 0.2) is 0 Å². The summed E-state index contributed by atoms with van der Waals surface area (Å²) >= 11 is 0. The lowest BCUT2D eigenvalue weighted by molar-refractivity contribution is -0.142. The van der Waals surface area contributed by atoms with Crippen molar-refractivity contribution in [2.24, 2.45) is 0 Å². The molecule has 0 fully saturated rings. The van der Waals surface area contributed by atoms with Gasteiger partial charge in [-0.2, -0.15) is 0 Å². The largest absolute Gasteiger partial charge is 0.468 e. The molecule has 94 valence electrons. The monoisotopic (exact) mass is 230 g/mol. The minimum Gasteiger partial charge on any atom is -0.468 e. The van der Waals surface area contributed by atoms with Crippen LogP contribution in [0.2, 0.25) is 0 Å². The maximum Gasteiger partial charge on any atom is 0.319 e. The minimum absolute atomic E-state index is 0.0750. The zero-order valence-electron chi connectivity index (χ0n) is 10.7. The van der Waals surface area contributed by atoms with E-state index in [1.807, 2.05) is 11.8 Å². The molecule has 0 aliphatic heterocycles. The van der Waals surface area contributed by atoms with Crippen LogP contribution < -0.4 is 0 Å². The van der Waals surface area contributed by atoms with Crippen molar-refractivity contribution >= 4 is 11.9 Å². The second-order valence-corrected chi connectivity index (χ2v) is 3.89. The van der Waals surface area contributed by atoms with Gasteiger partial charge in [0, 0.05) is 27.1 Å². The van der Waals surface area contributed by atoms with E-state index in [0.717, 1.165) is 13.0 Å². The van der Waals surface area contributed by atoms with E-state index in [0.29, 0.717) is 13.0 Å². The van der Waals surface area contributed by atoms with E-state index >= 15 is 0 Å². The van der Waals surface area contributed by atoms with Gasteiger partial charge in [-0.1, -0.05) is 6.92 Å². The smallest absolute Gasteiger partial charge is 0.319 e. The molecule has 0 aliphatic carbocycles. The number of esters is 1. The molecular formula is C11H22N2O3. The van der Waals surface area contributed by atoms with Crippen molar-refractivity contribution in [3.05, 3.63) is 0 Å². The number of ether oxygens (including phenoxy) is 1. The maximum atomic E-state index is 11.4. The number of rotatable bonds is 7. The summed E-state index contributed by atoms with van der Waals surface area (Å²) in [6.07, 6.45) is 1.39. The molecule has 0 aromatic carbocycles. The van der Waals surface area contributed by atoms with Gasteiger partial charge in [0.15, 0.2) is 0 Å². The van der Waals surface area contributed by atoms with Crippen molar-refractivity contribution in [3.8, 4) is 0 Å². The van der Waals surface area contributed by atoms with Gasteiger partial charge >= 0.3 is 5.97 Å². The van der Waals surface area contributed by atoms with Gasteiger partial charge in [0.05, 0.1) is 13.7 Å². The fraction of sp³-hybridized carbons (Fsp3) is 0.818. The molecule has 5 nitrogen and oxygen atoms in total. The van der Waals surface area contributed by atoms with Crippen LogP contribution in [-0.4, -0.2) is 62.5 Å². The number of amides is 1. The first kappa shape index (κ1) is 14.9. The van der Waals surface area contributed by atoms with E-state index in [1.54, 1.807) is 19.0 Å². The van der Waals surface area contributed by atoms with Crippen LogP contribution in [-0.2, 0) is 14.3 Å². The van der Waals surface area contributed by atoms with Crippen LogP contribution >= 0.6 is 0 Å². The first-order valence-corrected chi connectivity index (χ1v) is 5.50. The summed E-state index contributed by atoms with van der Waals surface area (Å²) in [5, 5.41) is 0. The van der Waals surface area contributed by atoms with Gasteiger partial charge in [0.1, 0.15) is 0 Å². The predicted octanol–water partition coefficient (Wildman–Crippen LogP) is 0.350. The van der Waals surface area contributed by atoms with Gasteiger partial charge in [0.2, 0.25) is 5.91 Å². The highest BCUT2D eigenvalue weighted by Gasteiger charge is 2.12. The SMILES string of the molecule is CCCN(CCC(=O)N(C)C)CC(=O)OC. The van der Waals surface area contributed by atoms with E-state index in [9.17, 15) is 9.59 Å². The molecule has 0 unspecified atom stereocenters. The van der Waals surface area contributed by atoms with Crippen LogP contribution in [0.3, 0.4) is 0 Å². The third-order valence-electron chi connectivity index (χ3n) is 2.26.